The Balaban J connectivity index is 1.87. The van der Waals surface area contributed by atoms with E-state index >= 15 is 0 Å². The molecule has 2 N–H and O–H groups in total. The molecule has 0 saturated heterocycles. The average molecular weight is 328 g/mol. The van der Waals surface area contributed by atoms with E-state index in [1.54, 1.807) is 36.4 Å². The van der Waals surface area contributed by atoms with Crippen LogP contribution in [-0.2, 0) is 4.79 Å². The smallest absolute Gasteiger partial charge is 0.250 e. The Morgan fingerprint density at radius 3 is 2.39 bits per heavy atom. The number of aryl methyl sites for hydroxylation is 1. The number of thiocarbonyl (C=S) groups is 1. The summed E-state index contributed by atoms with van der Waals surface area (Å²) in [5.74, 6) is 0.996. The van der Waals surface area contributed by atoms with E-state index < -0.39 is 0 Å². The molecule has 23 heavy (non-hydrogen) atoms. The number of ketones is 1. The molecule has 0 atom stereocenters. The number of hydrogen-bond acceptors (Lipinski definition) is 4. The van der Waals surface area contributed by atoms with Crippen molar-refractivity contribution in [1.82, 2.24) is 5.32 Å². The Hall–Kier alpha value is -2.73. The molecule has 2 rings (SSSR count). The van der Waals surface area contributed by atoms with Gasteiger partial charge in [-0.15, -0.1) is 0 Å². The first-order valence-electron chi connectivity index (χ1n) is 6.91. The van der Waals surface area contributed by atoms with Crippen LogP contribution in [0.2, 0.25) is 0 Å². The molecule has 1 heterocycles. The van der Waals surface area contributed by atoms with Crippen molar-refractivity contribution in [3.63, 3.8) is 0 Å². The molecular weight excluding hydrogens is 312 g/mol. The zero-order valence-corrected chi connectivity index (χ0v) is 13.6. The minimum absolute atomic E-state index is 0.00858. The van der Waals surface area contributed by atoms with Gasteiger partial charge in [-0.25, -0.2) is 0 Å². The van der Waals surface area contributed by atoms with E-state index in [2.05, 4.69) is 10.6 Å². The van der Waals surface area contributed by atoms with Crippen LogP contribution in [0.4, 0.5) is 5.69 Å². The molecule has 0 aliphatic heterocycles. The number of rotatable bonds is 4. The van der Waals surface area contributed by atoms with Crippen LogP contribution in [0.3, 0.4) is 0 Å². The summed E-state index contributed by atoms with van der Waals surface area (Å²) in [6, 6.07) is 10.4. The Labute approximate surface area is 139 Å². The lowest BCUT2D eigenvalue weighted by molar-refractivity contribution is -0.115. The van der Waals surface area contributed by atoms with Crippen LogP contribution in [0.15, 0.2) is 46.9 Å². The third-order valence-corrected chi connectivity index (χ3v) is 3.15. The van der Waals surface area contributed by atoms with Crippen molar-refractivity contribution < 1.29 is 14.0 Å². The summed E-state index contributed by atoms with van der Waals surface area (Å²) in [4.78, 5) is 23.0. The van der Waals surface area contributed by atoms with Crippen LogP contribution in [0.1, 0.15) is 28.8 Å². The molecule has 6 heteroatoms. The number of carbonyl (C=O) groups is 2. The average Bonchev–Trinajstić information content (AvgIpc) is 2.91. The largest absolute Gasteiger partial charge is 0.462 e. The summed E-state index contributed by atoms with van der Waals surface area (Å²) >= 11 is 5.06. The second-order valence-electron chi connectivity index (χ2n) is 4.86. The lowest BCUT2D eigenvalue weighted by Crippen LogP contribution is -2.32. The fourth-order valence-corrected chi connectivity index (χ4v) is 2.02. The van der Waals surface area contributed by atoms with Gasteiger partial charge in [0.1, 0.15) is 11.5 Å². The van der Waals surface area contributed by atoms with Gasteiger partial charge < -0.3 is 9.73 Å². The van der Waals surface area contributed by atoms with Gasteiger partial charge in [0.25, 0.3) is 0 Å². The van der Waals surface area contributed by atoms with Gasteiger partial charge in [0.05, 0.1) is 0 Å². The third kappa shape index (κ3) is 5.19. The van der Waals surface area contributed by atoms with Gasteiger partial charge in [-0.1, -0.05) is 0 Å². The molecule has 0 aliphatic carbocycles. The molecule has 0 saturated carbocycles. The SMILES string of the molecule is CC(=O)c1ccc(NC(=S)NC(=O)C=Cc2ccc(C)o2)cc1. The minimum atomic E-state index is -0.364. The standard InChI is InChI=1S/C17H16N2O3S/c1-11-3-8-15(22-11)9-10-16(21)19-17(23)18-14-6-4-13(5-7-14)12(2)20/h3-10H,1-2H3,(H2,18,19,21,23). The Morgan fingerprint density at radius 1 is 1.13 bits per heavy atom. The highest BCUT2D eigenvalue weighted by atomic mass is 32.1. The molecule has 2 aromatic rings. The van der Waals surface area contributed by atoms with Crippen LogP contribution in [0.5, 0.6) is 0 Å². The van der Waals surface area contributed by atoms with Crippen LogP contribution in [0.25, 0.3) is 6.08 Å². The van der Waals surface area contributed by atoms with E-state index in [0.717, 1.165) is 5.76 Å². The van der Waals surface area contributed by atoms with E-state index in [4.69, 9.17) is 16.6 Å². The minimum Gasteiger partial charge on any atom is -0.462 e. The van der Waals surface area contributed by atoms with Gasteiger partial charge in [-0.3, -0.25) is 14.9 Å². The molecule has 118 valence electrons. The maximum Gasteiger partial charge on any atom is 0.250 e. The number of nitrogens with one attached hydrogen (secondary N) is 2. The quantitative estimate of drug-likeness (QED) is 0.512. The number of amides is 1. The molecule has 0 radical (unpaired) electrons. The molecule has 0 aliphatic rings. The maximum absolute atomic E-state index is 11.8. The lowest BCUT2D eigenvalue weighted by Gasteiger charge is -2.08. The molecular formula is C17H16N2O3S. The van der Waals surface area contributed by atoms with Gasteiger partial charge >= 0.3 is 0 Å². The molecule has 0 unspecified atom stereocenters. The predicted octanol–water partition coefficient (Wildman–Crippen LogP) is 3.32. The zero-order chi connectivity index (χ0) is 16.8. The summed E-state index contributed by atoms with van der Waals surface area (Å²) < 4.78 is 5.32. The van der Waals surface area contributed by atoms with Crippen LogP contribution >= 0.6 is 12.2 Å². The highest BCUT2D eigenvalue weighted by Gasteiger charge is 2.03. The van der Waals surface area contributed by atoms with Gasteiger partial charge in [-0.05, 0) is 68.5 Å². The molecule has 1 aromatic heterocycles. The molecule has 5 nitrogen and oxygen atoms in total. The molecule has 1 aromatic carbocycles. The summed E-state index contributed by atoms with van der Waals surface area (Å²) in [5, 5.41) is 5.57. The molecule has 1 amide bonds. The van der Waals surface area contributed by atoms with Crippen molar-refractivity contribution in [1.29, 1.82) is 0 Å². The first-order chi connectivity index (χ1) is 10.9. The Kier molecular flexibility index (Phi) is 5.43. The van der Waals surface area contributed by atoms with Crippen molar-refractivity contribution >= 4 is 40.8 Å². The topological polar surface area (TPSA) is 71.3 Å². The Bertz CT molecular complexity index is 760. The van der Waals surface area contributed by atoms with Gasteiger partial charge in [0, 0.05) is 17.3 Å². The van der Waals surface area contributed by atoms with Gasteiger partial charge in [0.2, 0.25) is 5.91 Å². The maximum atomic E-state index is 11.8. The first kappa shape index (κ1) is 16.6. The van der Waals surface area contributed by atoms with E-state index in [-0.39, 0.29) is 16.8 Å². The van der Waals surface area contributed by atoms with Gasteiger partial charge in [-0.2, -0.15) is 0 Å². The summed E-state index contributed by atoms with van der Waals surface area (Å²) in [7, 11) is 0. The fraction of sp³-hybridized carbons (Fsp3) is 0.118. The van der Waals surface area contributed by atoms with Crippen molar-refractivity contribution in [2.45, 2.75) is 13.8 Å². The van der Waals surface area contributed by atoms with E-state index in [0.29, 0.717) is 17.0 Å². The van der Waals surface area contributed by atoms with E-state index in [9.17, 15) is 9.59 Å². The second-order valence-corrected chi connectivity index (χ2v) is 5.27. The first-order valence-corrected chi connectivity index (χ1v) is 7.32. The normalized spacial score (nSPS) is 10.5. The number of carbonyl (C=O) groups excluding carboxylic acids is 2. The zero-order valence-electron chi connectivity index (χ0n) is 12.8. The summed E-state index contributed by atoms with van der Waals surface area (Å²) in [5.41, 5.74) is 1.30. The molecule has 0 spiro atoms. The fourth-order valence-electron chi connectivity index (χ4n) is 1.80. The number of Topliss-reactive ketones (excluding diaryl/α,β-unsaturated/α-hetero) is 1. The van der Waals surface area contributed by atoms with Crippen molar-refractivity contribution in [3.8, 4) is 0 Å². The molecule has 0 bridgehead atoms. The number of benzene rings is 1. The highest BCUT2D eigenvalue weighted by Crippen LogP contribution is 2.10. The molecule has 0 fully saturated rings. The van der Waals surface area contributed by atoms with Crippen LogP contribution in [-0.4, -0.2) is 16.8 Å². The number of anilines is 1. The highest BCUT2D eigenvalue weighted by molar-refractivity contribution is 7.80. The predicted molar refractivity (Wildman–Crippen MR) is 93.3 cm³/mol. The lowest BCUT2D eigenvalue weighted by atomic mass is 10.1. The summed E-state index contributed by atoms with van der Waals surface area (Å²) in [6.07, 6.45) is 2.90. The van der Waals surface area contributed by atoms with Crippen molar-refractivity contribution in [2.75, 3.05) is 5.32 Å². The Morgan fingerprint density at radius 2 is 1.83 bits per heavy atom. The monoisotopic (exact) mass is 328 g/mol. The summed E-state index contributed by atoms with van der Waals surface area (Å²) in [6.45, 7) is 3.33. The van der Waals surface area contributed by atoms with Crippen LogP contribution < -0.4 is 10.6 Å². The van der Waals surface area contributed by atoms with Crippen molar-refractivity contribution in [2.24, 2.45) is 0 Å². The number of hydrogen-bond donors (Lipinski definition) is 2. The van der Waals surface area contributed by atoms with Crippen LogP contribution in [0, 0.1) is 6.92 Å². The van der Waals surface area contributed by atoms with Crippen molar-refractivity contribution in [3.05, 3.63) is 59.6 Å². The number of furan rings is 1. The third-order valence-electron chi connectivity index (χ3n) is 2.95. The van der Waals surface area contributed by atoms with E-state index in [1.165, 1.54) is 13.0 Å². The second kappa shape index (κ2) is 7.51. The van der Waals surface area contributed by atoms with Gasteiger partial charge in [0.15, 0.2) is 10.9 Å². The van der Waals surface area contributed by atoms with E-state index in [1.807, 2.05) is 13.0 Å².